The number of para-hydroxylation sites is 4. The standard InChI is InChI=1S/C23H28N2O4/c1-3-28-21-12-6-7-13-22(21)29-15-9-8-14-25-20-11-5-4-10-19(20)24(17-26)16-18(2)23(25)27/h4-7,10-13,17-18H,3,8-9,14-16H2,1-2H3. The number of hydrogen-bond acceptors (Lipinski definition) is 4. The van der Waals surface area contributed by atoms with E-state index in [0.29, 0.717) is 26.3 Å². The molecular weight excluding hydrogens is 368 g/mol. The second kappa shape index (κ2) is 9.96. The summed E-state index contributed by atoms with van der Waals surface area (Å²) in [6.45, 7) is 5.93. The summed E-state index contributed by atoms with van der Waals surface area (Å²) >= 11 is 0. The predicted octanol–water partition coefficient (Wildman–Crippen LogP) is 3.89. The molecule has 2 aromatic rings. The van der Waals surface area contributed by atoms with Crippen LogP contribution in [0, 0.1) is 5.92 Å². The van der Waals surface area contributed by atoms with Crippen LogP contribution in [0.15, 0.2) is 48.5 Å². The van der Waals surface area contributed by atoms with Crippen molar-refractivity contribution in [3.05, 3.63) is 48.5 Å². The first-order valence-electron chi connectivity index (χ1n) is 10.1. The van der Waals surface area contributed by atoms with Gasteiger partial charge in [0.05, 0.1) is 30.5 Å². The van der Waals surface area contributed by atoms with Gasteiger partial charge < -0.3 is 19.3 Å². The lowest BCUT2D eigenvalue weighted by Gasteiger charge is -2.24. The molecule has 1 aliphatic heterocycles. The van der Waals surface area contributed by atoms with E-state index >= 15 is 0 Å². The molecule has 1 aliphatic rings. The molecular formula is C23H28N2O4. The van der Waals surface area contributed by atoms with Gasteiger partial charge in [0.15, 0.2) is 11.5 Å². The van der Waals surface area contributed by atoms with Crippen molar-refractivity contribution in [2.45, 2.75) is 26.7 Å². The van der Waals surface area contributed by atoms with E-state index in [1.807, 2.05) is 62.4 Å². The minimum Gasteiger partial charge on any atom is -0.490 e. The Morgan fingerprint density at radius 1 is 1.00 bits per heavy atom. The smallest absolute Gasteiger partial charge is 0.231 e. The fourth-order valence-electron chi connectivity index (χ4n) is 3.52. The summed E-state index contributed by atoms with van der Waals surface area (Å²) in [5, 5.41) is 0. The molecule has 0 bridgehead atoms. The van der Waals surface area contributed by atoms with E-state index < -0.39 is 0 Å². The summed E-state index contributed by atoms with van der Waals surface area (Å²) in [6.07, 6.45) is 2.40. The summed E-state index contributed by atoms with van der Waals surface area (Å²) < 4.78 is 11.5. The summed E-state index contributed by atoms with van der Waals surface area (Å²) in [7, 11) is 0. The highest BCUT2D eigenvalue weighted by Gasteiger charge is 2.30. The number of hydrogen-bond donors (Lipinski definition) is 0. The van der Waals surface area contributed by atoms with Gasteiger partial charge in [0, 0.05) is 13.1 Å². The molecule has 2 amide bonds. The van der Waals surface area contributed by atoms with Gasteiger partial charge in [-0.3, -0.25) is 9.59 Å². The zero-order chi connectivity index (χ0) is 20.6. The van der Waals surface area contributed by atoms with Crippen molar-refractivity contribution in [1.82, 2.24) is 0 Å². The van der Waals surface area contributed by atoms with E-state index in [0.717, 1.165) is 42.1 Å². The van der Waals surface area contributed by atoms with E-state index in [1.165, 1.54) is 0 Å². The number of rotatable bonds is 9. The molecule has 1 unspecified atom stereocenters. The average molecular weight is 396 g/mol. The molecule has 0 radical (unpaired) electrons. The predicted molar refractivity (Wildman–Crippen MR) is 114 cm³/mol. The maximum absolute atomic E-state index is 12.9. The SMILES string of the molecule is CCOc1ccccc1OCCCCN1C(=O)C(C)CN(C=O)c2ccccc21. The van der Waals surface area contributed by atoms with E-state index in [-0.39, 0.29) is 11.8 Å². The second-order valence-corrected chi connectivity index (χ2v) is 7.07. The van der Waals surface area contributed by atoms with Crippen molar-refractivity contribution >= 4 is 23.7 Å². The van der Waals surface area contributed by atoms with Crippen LogP contribution in [0.4, 0.5) is 11.4 Å². The number of ether oxygens (including phenoxy) is 2. The summed E-state index contributed by atoms with van der Waals surface area (Å²) in [4.78, 5) is 27.8. The van der Waals surface area contributed by atoms with Crippen LogP contribution in [0.5, 0.6) is 11.5 Å². The van der Waals surface area contributed by atoms with Crippen LogP contribution in [0.1, 0.15) is 26.7 Å². The molecule has 0 fully saturated rings. The van der Waals surface area contributed by atoms with Gasteiger partial charge in [-0.15, -0.1) is 0 Å². The molecule has 2 aromatic carbocycles. The number of nitrogens with zero attached hydrogens (tertiary/aromatic N) is 2. The number of benzene rings is 2. The molecule has 0 aromatic heterocycles. The molecule has 0 aliphatic carbocycles. The lowest BCUT2D eigenvalue weighted by atomic mass is 10.1. The van der Waals surface area contributed by atoms with E-state index in [2.05, 4.69) is 0 Å². The van der Waals surface area contributed by atoms with Gasteiger partial charge in [0.25, 0.3) is 0 Å². The third kappa shape index (κ3) is 4.88. The number of amides is 2. The van der Waals surface area contributed by atoms with Crippen molar-refractivity contribution in [3.63, 3.8) is 0 Å². The Bertz CT molecular complexity index is 839. The zero-order valence-corrected chi connectivity index (χ0v) is 17.0. The Kier molecular flexibility index (Phi) is 7.11. The number of carbonyl (C=O) groups excluding carboxylic acids is 2. The normalized spacial score (nSPS) is 16.2. The highest BCUT2D eigenvalue weighted by molar-refractivity contribution is 6.02. The van der Waals surface area contributed by atoms with Crippen molar-refractivity contribution in [2.75, 3.05) is 36.1 Å². The monoisotopic (exact) mass is 396 g/mol. The first kappa shape index (κ1) is 20.7. The Labute approximate surface area is 172 Å². The Morgan fingerprint density at radius 3 is 2.34 bits per heavy atom. The molecule has 1 atom stereocenters. The van der Waals surface area contributed by atoms with Crippen molar-refractivity contribution in [1.29, 1.82) is 0 Å². The molecule has 0 spiro atoms. The van der Waals surface area contributed by atoms with Crippen LogP contribution < -0.4 is 19.3 Å². The van der Waals surface area contributed by atoms with Crippen LogP contribution in [0.3, 0.4) is 0 Å². The van der Waals surface area contributed by atoms with Crippen LogP contribution in [-0.2, 0) is 9.59 Å². The first-order valence-corrected chi connectivity index (χ1v) is 10.1. The molecule has 0 saturated heterocycles. The average Bonchev–Trinajstić information content (AvgIpc) is 2.84. The highest BCUT2D eigenvalue weighted by atomic mass is 16.5. The van der Waals surface area contributed by atoms with E-state index in [9.17, 15) is 9.59 Å². The third-order valence-electron chi connectivity index (χ3n) is 4.95. The topological polar surface area (TPSA) is 59.1 Å². The lowest BCUT2D eigenvalue weighted by molar-refractivity contribution is -0.121. The van der Waals surface area contributed by atoms with Gasteiger partial charge in [-0.2, -0.15) is 0 Å². The van der Waals surface area contributed by atoms with Crippen molar-refractivity contribution in [3.8, 4) is 11.5 Å². The van der Waals surface area contributed by atoms with Crippen LogP contribution >= 0.6 is 0 Å². The third-order valence-corrected chi connectivity index (χ3v) is 4.95. The van der Waals surface area contributed by atoms with Gasteiger partial charge in [-0.25, -0.2) is 0 Å². The Hall–Kier alpha value is -3.02. The van der Waals surface area contributed by atoms with E-state index in [4.69, 9.17) is 9.47 Å². The molecule has 3 rings (SSSR count). The maximum Gasteiger partial charge on any atom is 0.231 e. The van der Waals surface area contributed by atoms with Crippen LogP contribution in [-0.4, -0.2) is 38.6 Å². The molecule has 29 heavy (non-hydrogen) atoms. The molecule has 1 heterocycles. The minimum absolute atomic E-state index is 0.0457. The molecule has 6 heteroatoms. The van der Waals surface area contributed by atoms with Gasteiger partial charge in [-0.1, -0.05) is 31.2 Å². The fraction of sp³-hybridized carbons (Fsp3) is 0.391. The van der Waals surface area contributed by atoms with Gasteiger partial charge >= 0.3 is 0 Å². The van der Waals surface area contributed by atoms with Crippen molar-refractivity contribution < 1.29 is 19.1 Å². The lowest BCUT2D eigenvalue weighted by Crippen LogP contribution is -2.37. The number of anilines is 2. The molecule has 0 N–H and O–H groups in total. The molecule has 0 saturated carbocycles. The zero-order valence-electron chi connectivity index (χ0n) is 17.0. The molecule has 154 valence electrons. The van der Waals surface area contributed by atoms with Gasteiger partial charge in [-0.05, 0) is 44.0 Å². The number of carbonyl (C=O) groups is 2. The summed E-state index contributed by atoms with van der Waals surface area (Å²) in [5.74, 6) is 1.28. The quantitative estimate of drug-likeness (QED) is 0.477. The largest absolute Gasteiger partial charge is 0.490 e. The fourth-order valence-corrected chi connectivity index (χ4v) is 3.52. The second-order valence-electron chi connectivity index (χ2n) is 7.07. The summed E-state index contributed by atoms with van der Waals surface area (Å²) in [5.41, 5.74) is 1.57. The Morgan fingerprint density at radius 2 is 1.66 bits per heavy atom. The number of unbranched alkanes of at least 4 members (excludes halogenated alkanes) is 1. The maximum atomic E-state index is 12.9. The Balaban J connectivity index is 1.61. The van der Waals surface area contributed by atoms with E-state index in [1.54, 1.807) is 9.80 Å². The van der Waals surface area contributed by atoms with Gasteiger partial charge in [0.2, 0.25) is 12.3 Å². The van der Waals surface area contributed by atoms with Crippen molar-refractivity contribution in [2.24, 2.45) is 5.92 Å². The van der Waals surface area contributed by atoms with Gasteiger partial charge in [0.1, 0.15) is 0 Å². The highest BCUT2D eigenvalue weighted by Crippen LogP contribution is 2.33. The first-order chi connectivity index (χ1) is 14.2. The molecule has 6 nitrogen and oxygen atoms in total. The van der Waals surface area contributed by atoms with Crippen LogP contribution in [0.2, 0.25) is 0 Å². The number of fused-ring (bicyclic) bond motifs is 1. The summed E-state index contributed by atoms with van der Waals surface area (Å²) in [6, 6.07) is 15.2. The van der Waals surface area contributed by atoms with Crippen LogP contribution in [0.25, 0.3) is 0 Å². The minimum atomic E-state index is -0.248.